The summed E-state index contributed by atoms with van der Waals surface area (Å²) in [6, 6.07) is 3.92. The summed E-state index contributed by atoms with van der Waals surface area (Å²) in [6.07, 6.45) is 0. The molecule has 0 radical (unpaired) electrons. The van der Waals surface area contributed by atoms with Gasteiger partial charge in [-0.3, -0.25) is 0 Å². The maximum atomic E-state index is 5.39. The number of nitrogens with one attached hydrogen (secondary N) is 2. The van der Waals surface area contributed by atoms with Gasteiger partial charge < -0.3 is 20.1 Å². The second-order valence-electron chi connectivity index (χ2n) is 5.61. The third-order valence-electron chi connectivity index (χ3n) is 3.74. The Morgan fingerprint density at radius 1 is 1.22 bits per heavy atom. The molecule has 0 saturated carbocycles. The minimum atomic E-state index is 0. The number of methoxy groups -OCH3 is 2. The number of halogens is 2. The van der Waals surface area contributed by atoms with Crippen LogP contribution in [0.4, 0.5) is 0 Å². The Labute approximate surface area is 190 Å². The van der Waals surface area contributed by atoms with Crippen molar-refractivity contribution in [2.45, 2.75) is 33.9 Å². The van der Waals surface area contributed by atoms with Crippen molar-refractivity contribution in [2.75, 3.05) is 20.8 Å². The summed E-state index contributed by atoms with van der Waals surface area (Å²) in [5.41, 5.74) is 2.11. The third-order valence-corrected chi connectivity index (χ3v) is 5.40. The molecule has 0 fully saturated rings. The van der Waals surface area contributed by atoms with Crippen LogP contribution < -0.4 is 20.1 Å². The van der Waals surface area contributed by atoms with E-state index in [1.165, 1.54) is 4.88 Å². The minimum absolute atomic E-state index is 0. The van der Waals surface area contributed by atoms with Crippen molar-refractivity contribution in [3.8, 4) is 11.5 Å². The lowest BCUT2D eigenvalue weighted by molar-refractivity contribution is 0.352. The van der Waals surface area contributed by atoms with E-state index in [2.05, 4.69) is 43.5 Å². The van der Waals surface area contributed by atoms with Gasteiger partial charge in [0.2, 0.25) is 0 Å². The molecule has 1 aromatic carbocycles. The summed E-state index contributed by atoms with van der Waals surface area (Å²) in [7, 11) is 3.25. The molecule has 0 saturated heterocycles. The molecule has 27 heavy (non-hydrogen) atoms. The van der Waals surface area contributed by atoms with Crippen LogP contribution in [0.2, 0.25) is 0 Å². The molecule has 1 aromatic heterocycles. The fourth-order valence-corrected chi connectivity index (χ4v) is 3.87. The molecule has 0 spiro atoms. The lowest BCUT2D eigenvalue weighted by Gasteiger charge is -2.12. The highest BCUT2D eigenvalue weighted by Gasteiger charge is 2.11. The Bertz CT molecular complexity index is 763. The van der Waals surface area contributed by atoms with Crippen LogP contribution in [0.5, 0.6) is 11.5 Å². The zero-order chi connectivity index (χ0) is 19.1. The highest BCUT2D eigenvalue weighted by molar-refractivity contribution is 14.0. The van der Waals surface area contributed by atoms with Gasteiger partial charge in [-0.25, -0.2) is 9.98 Å². The first-order valence-corrected chi connectivity index (χ1v) is 9.94. The number of aromatic nitrogens is 1. The number of guanidine groups is 1. The van der Waals surface area contributed by atoms with E-state index in [-0.39, 0.29) is 24.0 Å². The molecule has 2 rings (SSSR count). The molecule has 0 amide bonds. The SMILES string of the molecule is CCNC(=NCc1cc(Br)c(OC)c(OC)c1)NCc1nc(C)c(C)s1.I. The predicted molar refractivity (Wildman–Crippen MR) is 126 cm³/mol. The van der Waals surface area contributed by atoms with Crippen molar-refractivity contribution in [1.82, 2.24) is 15.6 Å². The first-order chi connectivity index (χ1) is 12.5. The van der Waals surface area contributed by atoms with Gasteiger partial charge in [0, 0.05) is 11.4 Å². The second-order valence-corrected chi connectivity index (χ2v) is 7.75. The van der Waals surface area contributed by atoms with Gasteiger partial charge in [0.15, 0.2) is 17.5 Å². The third kappa shape index (κ3) is 6.79. The monoisotopic (exact) mass is 568 g/mol. The molecule has 2 aromatic rings. The van der Waals surface area contributed by atoms with Crippen LogP contribution >= 0.6 is 51.2 Å². The van der Waals surface area contributed by atoms with Crippen LogP contribution in [0.15, 0.2) is 21.6 Å². The van der Waals surface area contributed by atoms with Crippen LogP contribution in [0, 0.1) is 13.8 Å². The van der Waals surface area contributed by atoms with Gasteiger partial charge in [-0.05, 0) is 54.4 Å². The fraction of sp³-hybridized carbons (Fsp3) is 0.444. The lowest BCUT2D eigenvalue weighted by atomic mass is 10.2. The van der Waals surface area contributed by atoms with E-state index in [0.717, 1.165) is 33.2 Å². The summed E-state index contributed by atoms with van der Waals surface area (Å²) in [5.74, 6) is 2.11. The van der Waals surface area contributed by atoms with Crippen LogP contribution in [-0.4, -0.2) is 31.7 Å². The van der Waals surface area contributed by atoms with Crippen molar-refractivity contribution in [1.29, 1.82) is 0 Å². The number of aryl methyl sites for hydroxylation is 2. The molecule has 1 heterocycles. The first-order valence-electron chi connectivity index (χ1n) is 8.34. The maximum absolute atomic E-state index is 5.39. The molecule has 9 heteroatoms. The molecule has 0 bridgehead atoms. The average Bonchev–Trinajstić information content (AvgIpc) is 2.94. The normalized spacial score (nSPS) is 11.0. The van der Waals surface area contributed by atoms with Gasteiger partial charge in [-0.15, -0.1) is 35.3 Å². The summed E-state index contributed by atoms with van der Waals surface area (Å²) in [6.45, 7) is 8.12. The molecule has 0 unspecified atom stereocenters. The molecular weight excluding hydrogens is 543 g/mol. The number of nitrogens with zero attached hydrogens (tertiary/aromatic N) is 2. The molecule has 0 aliphatic rings. The predicted octanol–water partition coefficient (Wildman–Crippen LogP) is 4.41. The van der Waals surface area contributed by atoms with Crippen molar-refractivity contribution < 1.29 is 9.47 Å². The molecule has 2 N–H and O–H groups in total. The van der Waals surface area contributed by atoms with Crippen molar-refractivity contribution >= 4 is 57.2 Å². The summed E-state index contributed by atoms with van der Waals surface area (Å²) in [5, 5.41) is 7.65. The number of hydrogen-bond acceptors (Lipinski definition) is 5. The topological polar surface area (TPSA) is 67.8 Å². The van der Waals surface area contributed by atoms with Crippen molar-refractivity contribution in [3.05, 3.63) is 37.7 Å². The lowest BCUT2D eigenvalue weighted by Crippen LogP contribution is -2.36. The summed E-state index contributed by atoms with van der Waals surface area (Å²) < 4.78 is 11.6. The van der Waals surface area contributed by atoms with Gasteiger partial charge in [0.05, 0.1) is 37.5 Å². The summed E-state index contributed by atoms with van der Waals surface area (Å²) >= 11 is 5.22. The van der Waals surface area contributed by atoms with E-state index >= 15 is 0 Å². The number of ether oxygens (including phenoxy) is 2. The van der Waals surface area contributed by atoms with Gasteiger partial charge in [-0.2, -0.15) is 0 Å². The zero-order valence-electron chi connectivity index (χ0n) is 16.2. The molecular formula is C18H26BrIN4O2S. The molecule has 150 valence electrons. The molecule has 0 aliphatic heterocycles. The van der Waals surface area contributed by atoms with E-state index < -0.39 is 0 Å². The Hall–Kier alpha value is -1.07. The molecule has 6 nitrogen and oxygen atoms in total. The number of thiazole rings is 1. The number of benzene rings is 1. The number of rotatable bonds is 7. The Morgan fingerprint density at radius 3 is 2.52 bits per heavy atom. The van der Waals surface area contributed by atoms with Crippen LogP contribution in [0.25, 0.3) is 0 Å². The zero-order valence-corrected chi connectivity index (χ0v) is 20.9. The smallest absolute Gasteiger partial charge is 0.191 e. The van der Waals surface area contributed by atoms with Gasteiger partial charge in [0.1, 0.15) is 5.01 Å². The summed E-state index contributed by atoms with van der Waals surface area (Å²) in [4.78, 5) is 10.5. The van der Waals surface area contributed by atoms with Crippen LogP contribution in [0.1, 0.15) is 28.1 Å². The van der Waals surface area contributed by atoms with Crippen molar-refractivity contribution in [2.24, 2.45) is 4.99 Å². The van der Waals surface area contributed by atoms with E-state index in [0.29, 0.717) is 24.6 Å². The van der Waals surface area contributed by atoms with E-state index in [4.69, 9.17) is 9.47 Å². The highest BCUT2D eigenvalue weighted by atomic mass is 127. The van der Waals surface area contributed by atoms with Gasteiger partial charge in [-0.1, -0.05) is 0 Å². The number of hydrogen-bond donors (Lipinski definition) is 2. The quantitative estimate of drug-likeness (QED) is 0.294. The first kappa shape index (κ1) is 24.0. The van der Waals surface area contributed by atoms with Crippen LogP contribution in [0.3, 0.4) is 0 Å². The van der Waals surface area contributed by atoms with Gasteiger partial charge in [0.25, 0.3) is 0 Å². The molecule has 0 aliphatic carbocycles. The van der Waals surface area contributed by atoms with Crippen molar-refractivity contribution in [3.63, 3.8) is 0 Å². The van der Waals surface area contributed by atoms with E-state index in [1.807, 2.05) is 26.0 Å². The maximum Gasteiger partial charge on any atom is 0.191 e. The Morgan fingerprint density at radius 2 is 1.96 bits per heavy atom. The Balaban J connectivity index is 0.00000364. The average molecular weight is 569 g/mol. The van der Waals surface area contributed by atoms with E-state index in [1.54, 1.807) is 25.6 Å². The second kappa shape index (κ2) is 11.7. The minimum Gasteiger partial charge on any atom is -0.493 e. The highest BCUT2D eigenvalue weighted by Crippen LogP contribution is 2.36. The van der Waals surface area contributed by atoms with Gasteiger partial charge >= 0.3 is 0 Å². The molecule has 0 atom stereocenters. The standard InChI is InChI=1S/C18H25BrN4O2S.HI/c1-6-20-18(22-10-16-23-11(2)12(3)26-16)21-9-13-7-14(19)17(25-5)15(8-13)24-4;/h7-8H,6,9-10H2,1-5H3,(H2,20,21,22);1H. The van der Waals surface area contributed by atoms with E-state index in [9.17, 15) is 0 Å². The number of aliphatic imine (C=N–C) groups is 1. The largest absolute Gasteiger partial charge is 0.493 e. The fourth-order valence-electron chi connectivity index (χ4n) is 2.35. The van der Waals surface area contributed by atoms with Crippen LogP contribution in [-0.2, 0) is 13.1 Å². The Kier molecular flexibility index (Phi) is 10.4.